The topological polar surface area (TPSA) is 159 Å². The molecule has 0 bridgehead atoms. The van der Waals surface area contributed by atoms with E-state index in [1.165, 1.54) is 38.5 Å². The minimum atomic E-state index is -0.585. The van der Waals surface area contributed by atoms with E-state index in [4.69, 9.17) is 9.47 Å². The molecule has 0 fully saturated rings. The first-order valence-electron chi connectivity index (χ1n) is 17.3. The lowest BCUT2D eigenvalue weighted by Crippen LogP contribution is -2.14. The van der Waals surface area contributed by atoms with Crippen molar-refractivity contribution in [3.8, 4) is 11.5 Å². The van der Waals surface area contributed by atoms with Crippen LogP contribution in [0.25, 0.3) is 21.8 Å². The lowest BCUT2D eigenvalue weighted by atomic mass is 10.0. The molecule has 10 heteroatoms. The molecule has 0 saturated carbocycles. The van der Waals surface area contributed by atoms with Crippen LogP contribution >= 0.6 is 0 Å². The quantitative estimate of drug-likeness (QED) is 0.0395. The Hall–Kier alpha value is -4.60. The number of esters is 4. The van der Waals surface area contributed by atoms with E-state index in [0.717, 1.165) is 60.3 Å². The fourth-order valence-corrected chi connectivity index (χ4v) is 6.02. The molecule has 0 saturated heterocycles. The first-order valence-corrected chi connectivity index (χ1v) is 17.3. The summed E-state index contributed by atoms with van der Waals surface area (Å²) >= 11 is 0. The van der Waals surface area contributed by atoms with Gasteiger partial charge in [0.25, 0.3) is 0 Å². The number of phenolic OH excluding ortho intramolecular Hbond substituents is 2. The van der Waals surface area contributed by atoms with E-state index in [2.05, 4.69) is 9.97 Å². The van der Waals surface area contributed by atoms with Crippen molar-refractivity contribution in [1.82, 2.24) is 9.97 Å². The van der Waals surface area contributed by atoms with Crippen molar-refractivity contribution in [2.75, 3.05) is 0 Å². The number of ether oxygens (including phenoxy) is 2. The minimum Gasteiger partial charge on any atom is -0.508 e. The first-order chi connectivity index (χ1) is 23.3. The van der Waals surface area contributed by atoms with Crippen molar-refractivity contribution < 1.29 is 38.9 Å². The molecular formula is C38H48N2O8. The summed E-state index contributed by atoms with van der Waals surface area (Å²) < 4.78 is 9.96. The molecular weight excluding hydrogens is 612 g/mol. The van der Waals surface area contributed by atoms with Crippen LogP contribution in [-0.4, -0.2) is 44.1 Å². The van der Waals surface area contributed by atoms with Crippen LogP contribution < -0.4 is 0 Å². The summed E-state index contributed by atoms with van der Waals surface area (Å²) in [6.07, 6.45) is 18.8. The van der Waals surface area contributed by atoms with Gasteiger partial charge >= 0.3 is 23.9 Å². The number of aromatic hydroxyl groups is 2. The summed E-state index contributed by atoms with van der Waals surface area (Å²) in [7, 11) is 0. The molecule has 0 spiro atoms. The van der Waals surface area contributed by atoms with Crippen LogP contribution in [-0.2, 0) is 41.5 Å². The highest BCUT2D eigenvalue weighted by Gasteiger charge is 2.15. The number of hydrogen-bond acceptors (Lipinski definition) is 8. The Morgan fingerprint density at radius 3 is 1.17 bits per heavy atom. The highest BCUT2D eigenvalue weighted by Crippen LogP contribution is 2.25. The molecule has 0 aliphatic carbocycles. The number of H-pyrrole nitrogens is 2. The molecule has 0 aliphatic rings. The van der Waals surface area contributed by atoms with E-state index < -0.39 is 23.9 Å². The van der Waals surface area contributed by atoms with Crippen molar-refractivity contribution in [3.05, 3.63) is 59.9 Å². The van der Waals surface area contributed by atoms with E-state index in [-0.39, 0.29) is 37.2 Å². The van der Waals surface area contributed by atoms with Crippen molar-refractivity contribution in [3.63, 3.8) is 0 Å². The van der Waals surface area contributed by atoms with Gasteiger partial charge in [0.2, 0.25) is 0 Å². The SMILES string of the molecule is O=C(CCCCCCCCCCCCCCCCC(=O)OC(=O)Cc1c[nH]c2ccc(O)cc12)OC(=O)Cc1c[nH]c2ccc(O)cc12. The van der Waals surface area contributed by atoms with Crippen molar-refractivity contribution >= 4 is 45.7 Å². The van der Waals surface area contributed by atoms with E-state index >= 15 is 0 Å². The second-order valence-corrected chi connectivity index (χ2v) is 12.6. The van der Waals surface area contributed by atoms with Crippen LogP contribution in [0.15, 0.2) is 48.8 Å². The number of aromatic amines is 2. The Labute approximate surface area is 281 Å². The van der Waals surface area contributed by atoms with Gasteiger partial charge in [-0.3, -0.25) is 19.2 Å². The number of carbonyl (C=O) groups is 4. The van der Waals surface area contributed by atoms with Crippen LogP contribution in [0.2, 0.25) is 0 Å². The van der Waals surface area contributed by atoms with E-state index in [1.807, 2.05) is 0 Å². The third-order valence-corrected chi connectivity index (χ3v) is 8.64. The number of rotatable bonds is 21. The maximum Gasteiger partial charge on any atom is 0.317 e. The molecule has 2 aromatic carbocycles. The van der Waals surface area contributed by atoms with E-state index in [0.29, 0.717) is 24.0 Å². The van der Waals surface area contributed by atoms with Crippen LogP contribution in [0.4, 0.5) is 0 Å². The smallest absolute Gasteiger partial charge is 0.317 e. The van der Waals surface area contributed by atoms with Gasteiger partial charge in [-0.1, -0.05) is 77.0 Å². The molecule has 4 rings (SSSR count). The molecule has 0 radical (unpaired) electrons. The summed E-state index contributed by atoms with van der Waals surface area (Å²) in [5.74, 6) is -1.91. The fraction of sp³-hybridized carbons (Fsp3) is 0.474. The summed E-state index contributed by atoms with van der Waals surface area (Å²) in [5, 5.41) is 20.8. The standard InChI is InChI=1S/C38H48N2O8/c41-29-17-19-33-31(23-29)27(25-39-33)21-37(45)47-35(43)15-13-11-9-7-5-3-1-2-4-6-8-10-12-14-16-36(44)48-38(46)22-28-26-40-34-20-18-30(42)24-32(28)34/h17-20,23-26,39-42H,1-16,21-22H2. The molecule has 4 N–H and O–H groups in total. The van der Waals surface area contributed by atoms with E-state index in [9.17, 15) is 29.4 Å². The molecule has 258 valence electrons. The zero-order chi connectivity index (χ0) is 34.1. The number of nitrogens with one attached hydrogen (secondary N) is 2. The van der Waals surface area contributed by atoms with Gasteiger partial charge in [-0.25, -0.2) is 0 Å². The van der Waals surface area contributed by atoms with Crippen LogP contribution in [0.3, 0.4) is 0 Å². The van der Waals surface area contributed by atoms with Gasteiger partial charge in [0.15, 0.2) is 0 Å². The molecule has 48 heavy (non-hydrogen) atoms. The second kappa shape index (κ2) is 19.3. The Morgan fingerprint density at radius 1 is 0.479 bits per heavy atom. The number of carbonyl (C=O) groups excluding carboxylic acids is 4. The Morgan fingerprint density at radius 2 is 0.812 bits per heavy atom. The van der Waals surface area contributed by atoms with Gasteiger partial charge in [0.1, 0.15) is 11.5 Å². The van der Waals surface area contributed by atoms with Crippen LogP contribution in [0.5, 0.6) is 11.5 Å². The molecule has 2 aromatic heterocycles. The lowest BCUT2D eigenvalue weighted by molar-refractivity contribution is -0.161. The largest absolute Gasteiger partial charge is 0.508 e. The van der Waals surface area contributed by atoms with Crippen molar-refractivity contribution in [2.45, 2.75) is 116 Å². The molecule has 0 atom stereocenters. The van der Waals surface area contributed by atoms with Gasteiger partial charge in [0, 0.05) is 47.0 Å². The predicted molar refractivity (Wildman–Crippen MR) is 183 cm³/mol. The van der Waals surface area contributed by atoms with Gasteiger partial charge in [-0.05, 0) is 60.4 Å². The molecule has 2 heterocycles. The monoisotopic (exact) mass is 660 g/mol. The zero-order valence-corrected chi connectivity index (χ0v) is 27.7. The molecule has 0 unspecified atom stereocenters. The van der Waals surface area contributed by atoms with Crippen molar-refractivity contribution in [2.24, 2.45) is 0 Å². The molecule has 0 amide bonds. The number of fused-ring (bicyclic) bond motifs is 2. The molecule has 0 aliphatic heterocycles. The molecule has 4 aromatic rings. The average molecular weight is 661 g/mol. The fourth-order valence-electron chi connectivity index (χ4n) is 6.02. The van der Waals surface area contributed by atoms with Gasteiger partial charge in [-0.15, -0.1) is 0 Å². The van der Waals surface area contributed by atoms with Crippen LogP contribution in [0, 0.1) is 0 Å². The lowest BCUT2D eigenvalue weighted by Gasteiger charge is -2.05. The highest BCUT2D eigenvalue weighted by atomic mass is 16.6. The summed E-state index contributed by atoms with van der Waals surface area (Å²) in [5.41, 5.74) is 2.99. The number of benzene rings is 2. The van der Waals surface area contributed by atoms with Crippen LogP contribution in [0.1, 0.15) is 114 Å². The minimum absolute atomic E-state index is 0.0270. The van der Waals surface area contributed by atoms with Gasteiger partial charge in [0.05, 0.1) is 12.8 Å². The van der Waals surface area contributed by atoms with Crippen molar-refractivity contribution in [1.29, 1.82) is 0 Å². The second-order valence-electron chi connectivity index (χ2n) is 12.6. The predicted octanol–water partition coefficient (Wildman–Crippen LogP) is 8.23. The number of phenols is 2. The normalized spacial score (nSPS) is 11.2. The number of unbranched alkanes of at least 4 members (excludes halogenated alkanes) is 13. The zero-order valence-electron chi connectivity index (χ0n) is 27.7. The number of aromatic nitrogens is 2. The summed E-state index contributed by atoms with van der Waals surface area (Å²) in [4.78, 5) is 54.6. The summed E-state index contributed by atoms with van der Waals surface area (Å²) in [6, 6.07) is 9.78. The third-order valence-electron chi connectivity index (χ3n) is 8.64. The Bertz CT molecular complexity index is 1530. The molecule has 10 nitrogen and oxygen atoms in total. The first kappa shape index (κ1) is 36.2. The number of hydrogen-bond donors (Lipinski definition) is 4. The summed E-state index contributed by atoms with van der Waals surface area (Å²) in [6.45, 7) is 0. The highest BCUT2D eigenvalue weighted by molar-refractivity contribution is 5.92. The van der Waals surface area contributed by atoms with Gasteiger partial charge in [-0.2, -0.15) is 0 Å². The van der Waals surface area contributed by atoms with Gasteiger partial charge < -0.3 is 29.7 Å². The van der Waals surface area contributed by atoms with E-state index in [1.54, 1.807) is 48.8 Å². The Balaban J connectivity index is 0.897. The third kappa shape index (κ3) is 12.2. The average Bonchev–Trinajstić information content (AvgIpc) is 3.63. The Kier molecular flexibility index (Phi) is 14.6. The maximum atomic E-state index is 12.2. The maximum absolute atomic E-state index is 12.2.